The molecule has 2 aliphatic heterocycles. The highest BCUT2D eigenvalue weighted by atomic mass is 16.1. The van der Waals surface area contributed by atoms with E-state index in [0.29, 0.717) is 6.42 Å². The largest absolute Gasteiger partial charge is 0.357 e. The van der Waals surface area contributed by atoms with Gasteiger partial charge in [-0.25, -0.2) is 0 Å². The van der Waals surface area contributed by atoms with Crippen molar-refractivity contribution in [1.29, 1.82) is 0 Å². The highest BCUT2D eigenvalue weighted by Crippen LogP contribution is 2.36. The third kappa shape index (κ3) is 4.18. The molecule has 2 saturated heterocycles. The zero-order chi connectivity index (χ0) is 16.1. The van der Waals surface area contributed by atoms with Gasteiger partial charge in [0.2, 0.25) is 5.91 Å². The van der Waals surface area contributed by atoms with Gasteiger partial charge in [-0.15, -0.1) is 0 Å². The SMILES string of the molecule is CCNC(=NCC1CCCCC1)N1CCCC2(CNC(=O)C2)C1. The van der Waals surface area contributed by atoms with Gasteiger partial charge < -0.3 is 15.5 Å². The topological polar surface area (TPSA) is 56.7 Å². The number of guanidine groups is 1. The van der Waals surface area contributed by atoms with Gasteiger partial charge >= 0.3 is 0 Å². The van der Waals surface area contributed by atoms with Crippen LogP contribution in [0.5, 0.6) is 0 Å². The molecule has 0 aromatic heterocycles. The lowest BCUT2D eigenvalue weighted by Crippen LogP contribution is -2.51. The summed E-state index contributed by atoms with van der Waals surface area (Å²) in [5.74, 6) is 2.05. The predicted molar refractivity (Wildman–Crippen MR) is 93.4 cm³/mol. The van der Waals surface area contributed by atoms with E-state index in [-0.39, 0.29) is 11.3 Å². The second-order valence-corrected chi connectivity index (χ2v) is 7.68. The molecular weight excluding hydrogens is 288 g/mol. The number of hydrogen-bond donors (Lipinski definition) is 2. The summed E-state index contributed by atoms with van der Waals surface area (Å²) in [7, 11) is 0. The average Bonchev–Trinajstić information content (AvgIpc) is 2.92. The van der Waals surface area contributed by atoms with Gasteiger partial charge in [0.05, 0.1) is 0 Å². The predicted octanol–water partition coefficient (Wildman–Crippen LogP) is 2.13. The zero-order valence-corrected chi connectivity index (χ0v) is 14.6. The van der Waals surface area contributed by atoms with Crippen molar-refractivity contribution < 1.29 is 4.79 Å². The molecule has 3 aliphatic rings. The Hall–Kier alpha value is -1.26. The minimum Gasteiger partial charge on any atom is -0.357 e. The van der Waals surface area contributed by atoms with E-state index in [0.717, 1.165) is 57.4 Å². The van der Waals surface area contributed by atoms with Crippen LogP contribution in [0.15, 0.2) is 4.99 Å². The molecule has 1 amide bonds. The quantitative estimate of drug-likeness (QED) is 0.619. The van der Waals surface area contributed by atoms with Crippen molar-refractivity contribution in [3.63, 3.8) is 0 Å². The number of amides is 1. The summed E-state index contributed by atoms with van der Waals surface area (Å²) in [4.78, 5) is 19.0. The first-order chi connectivity index (χ1) is 11.2. The van der Waals surface area contributed by atoms with Gasteiger partial charge in [-0.3, -0.25) is 9.79 Å². The third-order valence-electron chi connectivity index (χ3n) is 5.72. The highest BCUT2D eigenvalue weighted by Gasteiger charge is 2.42. The molecule has 5 nitrogen and oxygen atoms in total. The van der Waals surface area contributed by atoms with Crippen molar-refractivity contribution in [2.75, 3.05) is 32.7 Å². The van der Waals surface area contributed by atoms with Gasteiger partial charge in [-0.2, -0.15) is 0 Å². The summed E-state index contributed by atoms with van der Waals surface area (Å²) in [6.07, 6.45) is 9.82. The maximum absolute atomic E-state index is 11.7. The van der Waals surface area contributed by atoms with Crippen LogP contribution in [-0.4, -0.2) is 49.5 Å². The molecule has 23 heavy (non-hydrogen) atoms. The van der Waals surface area contributed by atoms with Gasteiger partial charge in [0.25, 0.3) is 0 Å². The fourth-order valence-electron chi connectivity index (χ4n) is 4.44. The van der Waals surface area contributed by atoms with E-state index in [4.69, 9.17) is 4.99 Å². The molecular formula is C18H32N4O. The highest BCUT2D eigenvalue weighted by molar-refractivity contribution is 5.81. The fraction of sp³-hybridized carbons (Fsp3) is 0.889. The zero-order valence-electron chi connectivity index (χ0n) is 14.6. The molecule has 5 heteroatoms. The van der Waals surface area contributed by atoms with Crippen LogP contribution < -0.4 is 10.6 Å². The van der Waals surface area contributed by atoms with Crippen molar-refractivity contribution in [3.8, 4) is 0 Å². The average molecular weight is 320 g/mol. The Balaban J connectivity index is 1.63. The Morgan fingerprint density at radius 2 is 2.17 bits per heavy atom. The number of carbonyl (C=O) groups excluding carboxylic acids is 1. The maximum atomic E-state index is 11.7. The molecule has 0 aromatic carbocycles. The molecule has 0 bridgehead atoms. The summed E-state index contributed by atoms with van der Waals surface area (Å²) in [6, 6.07) is 0. The lowest BCUT2D eigenvalue weighted by Gasteiger charge is -2.41. The van der Waals surface area contributed by atoms with E-state index in [9.17, 15) is 4.79 Å². The number of carbonyl (C=O) groups is 1. The Bertz CT molecular complexity index is 444. The van der Waals surface area contributed by atoms with Crippen LogP contribution in [0.1, 0.15) is 58.3 Å². The fourth-order valence-corrected chi connectivity index (χ4v) is 4.44. The number of likely N-dealkylation sites (tertiary alicyclic amines) is 1. The Morgan fingerprint density at radius 3 is 2.87 bits per heavy atom. The molecule has 1 aliphatic carbocycles. The van der Waals surface area contributed by atoms with Gasteiger partial charge in [0.1, 0.15) is 0 Å². The summed E-state index contributed by atoms with van der Waals surface area (Å²) in [5, 5.41) is 6.51. The summed E-state index contributed by atoms with van der Waals surface area (Å²) in [6.45, 7) is 6.86. The monoisotopic (exact) mass is 320 g/mol. The lowest BCUT2D eigenvalue weighted by atomic mass is 9.79. The van der Waals surface area contributed by atoms with Crippen LogP contribution in [-0.2, 0) is 4.79 Å². The third-order valence-corrected chi connectivity index (χ3v) is 5.72. The van der Waals surface area contributed by atoms with E-state index in [1.54, 1.807) is 0 Å². The van der Waals surface area contributed by atoms with E-state index in [2.05, 4.69) is 22.5 Å². The van der Waals surface area contributed by atoms with Gasteiger partial charge in [-0.1, -0.05) is 19.3 Å². The first-order valence-corrected chi connectivity index (χ1v) is 9.51. The molecule has 0 aromatic rings. The van der Waals surface area contributed by atoms with Crippen LogP contribution in [0.2, 0.25) is 0 Å². The summed E-state index contributed by atoms with van der Waals surface area (Å²) >= 11 is 0. The number of piperidine rings is 1. The molecule has 130 valence electrons. The molecule has 1 saturated carbocycles. The van der Waals surface area contributed by atoms with Crippen LogP contribution in [0.25, 0.3) is 0 Å². The molecule has 3 rings (SSSR count). The Morgan fingerprint density at radius 1 is 1.35 bits per heavy atom. The van der Waals surface area contributed by atoms with E-state index < -0.39 is 0 Å². The minimum atomic E-state index is 0.135. The number of hydrogen-bond acceptors (Lipinski definition) is 2. The van der Waals surface area contributed by atoms with Gasteiger partial charge in [0, 0.05) is 44.6 Å². The number of aliphatic imine (C=N–C) groups is 1. The van der Waals surface area contributed by atoms with Crippen LogP contribution >= 0.6 is 0 Å². The first kappa shape index (κ1) is 16.6. The van der Waals surface area contributed by atoms with Crippen molar-refractivity contribution >= 4 is 11.9 Å². The van der Waals surface area contributed by atoms with Crippen LogP contribution in [0.3, 0.4) is 0 Å². The molecule has 2 heterocycles. The molecule has 1 atom stereocenters. The van der Waals surface area contributed by atoms with Crippen molar-refractivity contribution in [1.82, 2.24) is 15.5 Å². The maximum Gasteiger partial charge on any atom is 0.220 e. The molecule has 1 spiro atoms. The molecule has 0 radical (unpaired) electrons. The van der Waals surface area contributed by atoms with Crippen LogP contribution in [0.4, 0.5) is 0 Å². The second-order valence-electron chi connectivity index (χ2n) is 7.68. The number of nitrogens with zero attached hydrogens (tertiary/aromatic N) is 2. The molecule has 3 fully saturated rings. The normalized spacial score (nSPS) is 29.9. The van der Waals surface area contributed by atoms with E-state index in [1.807, 2.05) is 0 Å². The second kappa shape index (κ2) is 7.54. The molecule has 2 N–H and O–H groups in total. The van der Waals surface area contributed by atoms with Crippen molar-refractivity contribution in [3.05, 3.63) is 0 Å². The Labute approximate surface area is 140 Å². The Kier molecular flexibility index (Phi) is 5.44. The summed E-state index contributed by atoms with van der Waals surface area (Å²) in [5.41, 5.74) is 0.135. The first-order valence-electron chi connectivity index (χ1n) is 9.51. The van der Waals surface area contributed by atoms with Crippen molar-refractivity contribution in [2.24, 2.45) is 16.3 Å². The van der Waals surface area contributed by atoms with E-state index >= 15 is 0 Å². The van der Waals surface area contributed by atoms with Gasteiger partial charge in [0.15, 0.2) is 5.96 Å². The van der Waals surface area contributed by atoms with Crippen molar-refractivity contribution in [2.45, 2.75) is 58.3 Å². The summed E-state index contributed by atoms with van der Waals surface area (Å²) < 4.78 is 0. The van der Waals surface area contributed by atoms with E-state index in [1.165, 1.54) is 32.1 Å². The standard InChI is InChI=1S/C18H32N4O/c1-2-19-17(20-12-15-7-4-3-5-8-15)22-10-6-9-18(14-22)11-16(23)21-13-18/h15H,2-14H2,1H3,(H,19,20)(H,21,23). The number of nitrogens with one attached hydrogen (secondary N) is 2. The smallest absolute Gasteiger partial charge is 0.220 e. The molecule has 1 unspecified atom stereocenters. The van der Waals surface area contributed by atoms with Crippen LogP contribution in [0, 0.1) is 11.3 Å². The van der Waals surface area contributed by atoms with Gasteiger partial charge in [-0.05, 0) is 38.5 Å². The lowest BCUT2D eigenvalue weighted by molar-refractivity contribution is -0.119. The number of rotatable bonds is 3. The minimum absolute atomic E-state index is 0.135.